The predicted molar refractivity (Wildman–Crippen MR) is 70.7 cm³/mol. The molecule has 0 aliphatic rings. The van der Waals surface area contributed by atoms with E-state index in [2.05, 4.69) is 15.1 Å². The van der Waals surface area contributed by atoms with Gasteiger partial charge in [-0.05, 0) is 5.56 Å². The highest BCUT2D eigenvalue weighted by Crippen LogP contribution is 2.08. The molecule has 0 aliphatic carbocycles. The molecule has 1 heterocycles. The van der Waals surface area contributed by atoms with Crippen LogP contribution in [0, 0.1) is 10.1 Å². The number of rotatable bonds is 9. The van der Waals surface area contributed by atoms with E-state index in [9.17, 15) is 15.2 Å². The average molecular weight is 285 g/mol. The number of aliphatic hydroxyl groups excluding tert-OH is 1. The molecule has 1 aromatic rings. The minimum absolute atomic E-state index is 0.122. The van der Waals surface area contributed by atoms with Crippen molar-refractivity contribution < 1.29 is 19.8 Å². The Bertz CT molecular complexity index is 410. The van der Waals surface area contributed by atoms with Crippen LogP contribution < -0.4 is 10.1 Å². The molecule has 0 aromatic carbocycles. The zero-order chi connectivity index (χ0) is 15.0. The highest BCUT2D eigenvalue weighted by Gasteiger charge is 2.06. The van der Waals surface area contributed by atoms with Crippen LogP contribution in [0.3, 0.4) is 0 Å². The molecule has 0 aliphatic heterocycles. The minimum atomic E-state index is -0.859. The van der Waals surface area contributed by atoms with Crippen LogP contribution in [0.2, 0.25) is 0 Å². The van der Waals surface area contributed by atoms with Crippen LogP contribution in [0.25, 0.3) is 0 Å². The maximum absolute atomic E-state index is 10.0. The summed E-state index contributed by atoms with van der Waals surface area (Å²) in [7, 11) is 0. The van der Waals surface area contributed by atoms with Crippen LogP contribution in [0.1, 0.15) is 19.4 Å². The smallest absolute Gasteiger partial charge is 0.294 e. The highest BCUT2D eigenvalue weighted by molar-refractivity contribution is 5.17. The Balaban J connectivity index is 2.32. The second-order valence-corrected chi connectivity index (χ2v) is 4.53. The normalized spacial score (nSPS) is 12.2. The number of ether oxygens (including phenoxy) is 1. The van der Waals surface area contributed by atoms with Gasteiger partial charge in [-0.25, -0.2) is 4.98 Å². The SMILES string of the molecule is CC(C)NCC(O)COc1ccc(CO[N+](=O)[O-])cn1. The van der Waals surface area contributed by atoms with E-state index in [1.807, 2.05) is 13.8 Å². The maximum atomic E-state index is 10.0. The summed E-state index contributed by atoms with van der Waals surface area (Å²) in [4.78, 5) is 18.2. The van der Waals surface area contributed by atoms with Crippen LogP contribution in [0.15, 0.2) is 18.3 Å². The minimum Gasteiger partial charge on any atom is -0.475 e. The molecule has 20 heavy (non-hydrogen) atoms. The molecule has 1 rings (SSSR count). The van der Waals surface area contributed by atoms with Gasteiger partial charge in [0, 0.05) is 24.8 Å². The number of hydrogen-bond donors (Lipinski definition) is 2. The lowest BCUT2D eigenvalue weighted by atomic mass is 10.3. The largest absolute Gasteiger partial charge is 0.475 e. The quantitative estimate of drug-likeness (QED) is 0.503. The van der Waals surface area contributed by atoms with Crippen LogP contribution >= 0.6 is 0 Å². The zero-order valence-electron chi connectivity index (χ0n) is 11.5. The summed E-state index contributed by atoms with van der Waals surface area (Å²) < 4.78 is 5.30. The predicted octanol–water partition coefficient (Wildman–Crippen LogP) is 0.528. The van der Waals surface area contributed by atoms with Crippen molar-refractivity contribution in [2.75, 3.05) is 13.2 Å². The summed E-state index contributed by atoms with van der Waals surface area (Å²) in [5, 5.41) is 21.9. The monoisotopic (exact) mass is 285 g/mol. The van der Waals surface area contributed by atoms with Crippen molar-refractivity contribution in [1.82, 2.24) is 10.3 Å². The summed E-state index contributed by atoms with van der Waals surface area (Å²) >= 11 is 0. The van der Waals surface area contributed by atoms with Crippen LogP contribution in [0.5, 0.6) is 5.88 Å². The number of nitrogens with one attached hydrogen (secondary N) is 1. The Morgan fingerprint density at radius 3 is 2.80 bits per heavy atom. The van der Waals surface area contributed by atoms with Gasteiger partial charge in [0.2, 0.25) is 5.88 Å². The van der Waals surface area contributed by atoms with E-state index in [1.165, 1.54) is 6.20 Å². The van der Waals surface area contributed by atoms with Crippen molar-refractivity contribution in [2.24, 2.45) is 0 Å². The fourth-order valence-corrected chi connectivity index (χ4v) is 1.32. The Morgan fingerprint density at radius 2 is 2.25 bits per heavy atom. The lowest BCUT2D eigenvalue weighted by Crippen LogP contribution is -2.35. The van der Waals surface area contributed by atoms with Crippen molar-refractivity contribution in [3.63, 3.8) is 0 Å². The molecule has 0 amide bonds. The Hall–Kier alpha value is -1.93. The van der Waals surface area contributed by atoms with Gasteiger partial charge in [0.1, 0.15) is 19.3 Å². The number of aliphatic hydroxyl groups is 1. The van der Waals surface area contributed by atoms with Gasteiger partial charge in [-0.1, -0.05) is 19.9 Å². The van der Waals surface area contributed by atoms with E-state index >= 15 is 0 Å². The summed E-state index contributed by atoms with van der Waals surface area (Å²) in [6.07, 6.45) is 0.800. The first-order valence-corrected chi connectivity index (χ1v) is 6.24. The topological polar surface area (TPSA) is 107 Å². The molecule has 1 aromatic heterocycles. The van der Waals surface area contributed by atoms with Crippen molar-refractivity contribution >= 4 is 0 Å². The summed E-state index contributed by atoms with van der Waals surface area (Å²) in [6, 6.07) is 3.48. The average Bonchev–Trinajstić information content (AvgIpc) is 2.41. The molecule has 0 bridgehead atoms. The molecular formula is C12H19N3O5. The van der Waals surface area contributed by atoms with E-state index < -0.39 is 11.2 Å². The lowest BCUT2D eigenvalue weighted by molar-refractivity contribution is -0.763. The first kappa shape index (κ1) is 16.1. The van der Waals surface area contributed by atoms with Crippen molar-refractivity contribution in [3.8, 4) is 5.88 Å². The molecular weight excluding hydrogens is 266 g/mol. The van der Waals surface area contributed by atoms with E-state index in [0.717, 1.165) is 0 Å². The Morgan fingerprint density at radius 1 is 1.50 bits per heavy atom. The van der Waals surface area contributed by atoms with E-state index in [0.29, 0.717) is 24.0 Å². The van der Waals surface area contributed by atoms with Crippen LogP contribution in [-0.2, 0) is 11.4 Å². The van der Waals surface area contributed by atoms with Crippen molar-refractivity contribution in [3.05, 3.63) is 34.0 Å². The van der Waals surface area contributed by atoms with Gasteiger partial charge in [0.05, 0.1) is 0 Å². The lowest BCUT2D eigenvalue weighted by Gasteiger charge is -2.14. The highest BCUT2D eigenvalue weighted by atomic mass is 16.9. The molecule has 1 atom stereocenters. The second kappa shape index (κ2) is 8.28. The zero-order valence-corrected chi connectivity index (χ0v) is 11.5. The molecule has 1 unspecified atom stereocenters. The molecule has 2 N–H and O–H groups in total. The molecule has 8 nitrogen and oxygen atoms in total. The molecule has 0 saturated carbocycles. The van der Waals surface area contributed by atoms with Gasteiger partial charge < -0.3 is 20.0 Å². The molecule has 0 radical (unpaired) electrons. The van der Waals surface area contributed by atoms with Gasteiger partial charge in [0.25, 0.3) is 5.09 Å². The van der Waals surface area contributed by atoms with Gasteiger partial charge >= 0.3 is 0 Å². The second-order valence-electron chi connectivity index (χ2n) is 4.53. The van der Waals surface area contributed by atoms with Gasteiger partial charge in [-0.3, -0.25) is 0 Å². The third-order valence-corrected chi connectivity index (χ3v) is 2.32. The molecule has 0 spiro atoms. The number of aromatic nitrogens is 1. The third kappa shape index (κ3) is 6.86. The van der Waals surface area contributed by atoms with Gasteiger partial charge in [0.15, 0.2) is 0 Å². The summed E-state index contributed by atoms with van der Waals surface area (Å²) in [5.74, 6) is 0.346. The standard InChI is InChI=1S/C12H19N3O5/c1-9(2)13-6-11(16)8-19-12-4-3-10(5-14-12)7-20-15(17)18/h3-5,9,11,13,16H,6-8H2,1-2H3. The number of pyridine rings is 1. The van der Waals surface area contributed by atoms with Gasteiger partial charge in [-0.2, -0.15) is 0 Å². The van der Waals surface area contributed by atoms with Crippen LogP contribution in [-0.4, -0.2) is 40.5 Å². The number of hydrogen-bond acceptors (Lipinski definition) is 7. The summed E-state index contributed by atoms with van der Waals surface area (Å²) in [6.45, 7) is 4.38. The third-order valence-electron chi connectivity index (χ3n) is 2.32. The van der Waals surface area contributed by atoms with Crippen molar-refractivity contribution in [2.45, 2.75) is 32.6 Å². The fraction of sp³-hybridized carbons (Fsp3) is 0.583. The molecule has 0 fully saturated rings. The van der Waals surface area contributed by atoms with E-state index in [1.54, 1.807) is 12.1 Å². The Kier molecular flexibility index (Phi) is 6.68. The molecule has 8 heteroatoms. The molecule has 0 saturated heterocycles. The summed E-state index contributed by atoms with van der Waals surface area (Å²) in [5.41, 5.74) is 0.566. The Labute approximate surface area is 116 Å². The van der Waals surface area contributed by atoms with Crippen LogP contribution in [0.4, 0.5) is 0 Å². The maximum Gasteiger partial charge on any atom is 0.294 e. The van der Waals surface area contributed by atoms with Gasteiger partial charge in [-0.15, -0.1) is 10.1 Å². The van der Waals surface area contributed by atoms with E-state index in [-0.39, 0.29) is 13.2 Å². The first-order chi connectivity index (χ1) is 9.47. The fourth-order valence-electron chi connectivity index (χ4n) is 1.32. The van der Waals surface area contributed by atoms with Crippen molar-refractivity contribution in [1.29, 1.82) is 0 Å². The number of nitrogens with zero attached hydrogens (tertiary/aromatic N) is 2. The molecule has 112 valence electrons. The van der Waals surface area contributed by atoms with E-state index in [4.69, 9.17) is 4.74 Å². The first-order valence-electron chi connectivity index (χ1n) is 6.24.